The van der Waals surface area contributed by atoms with Gasteiger partial charge in [-0.15, -0.1) is 0 Å². The van der Waals surface area contributed by atoms with E-state index in [1.54, 1.807) is 11.0 Å². The predicted octanol–water partition coefficient (Wildman–Crippen LogP) is 2.01. The van der Waals surface area contributed by atoms with E-state index in [2.05, 4.69) is 15.6 Å². The van der Waals surface area contributed by atoms with Crippen LogP contribution in [-0.4, -0.2) is 37.9 Å². The molecule has 0 saturated heterocycles. The van der Waals surface area contributed by atoms with Gasteiger partial charge < -0.3 is 4.74 Å². The minimum atomic E-state index is -2.37. The maximum atomic E-state index is 12.0. The van der Waals surface area contributed by atoms with Crippen molar-refractivity contribution < 1.29 is 13.7 Å². The summed E-state index contributed by atoms with van der Waals surface area (Å²) in [5, 5.41) is 0. The van der Waals surface area contributed by atoms with Gasteiger partial charge in [0.25, 0.3) is 0 Å². The fraction of sp³-hybridized carbons (Fsp3) is 0.500. The van der Waals surface area contributed by atoms with E-state index in [0.29, 0.717) is 18.9 Å². The second-order valence-corrected chi connectivity index (χ2v) is 8.46. The number of nitrogens with one attached hydrogen (secondary N) is 1. The van der Waals surface area contributed by atoms with Gasteiger partial charge in [-0.3, -0.25) is 9.62 Å². The predicted molar refractivity (Wildman–Crippen MR) is 84.5 cm³/mol. The van der Waals surface area contributed by atoms with E-state index < -0.39 is 15.3 Å². The van der Waals surface area contributed by atoms with Gasteiger partial charge >= 0.3 is 6.09 Å². The number of pyridine rings is 1. The lowest BCUT2D eigenvalue weighted by Gasteiger charge is -2.23. The summed E-state index contributed by atoms with van der Waals surface area (Å²) in [5.74, 6) is 4.04. The number of rotatable bonds is 2. The molecule has 6 nitrogen and oxygen atoms in total. The molecule has 0 spiro atoms. The molecule has 1 aliphatic rings. The Morgan fingerprint density at radius 1 is 1.43 bits per heavy atom. The first-order valence-corrected chi connectivity index (χ1v) is 8.74. The zero-order chi connectivity index (χ0) is 15.8. The maximum Gasteiger partial charge on any atom is 0.410 e. The van der Waals surface area contributed by atoms with Gasteiger partial charge in [-0.25, -0.2) is 14.0 Å². The van der Waals surface area contributed by atoms with Crippen molar-refractivity contribution >= 4 is 27.5 Å². The number of aromatic nitrogens is 1. The van der Waals surface area contributed by atoms with Crippen LogP contribution in [0.25, 0.3) is 0 Å². The Morgan fingerprint density at radius 3 is 2.67 bits per heavy atom. The number of amides is 1. The highest BCUT2D eigenvalue weighted by Crippen LogP contribution is 2.24. The zero-order valence-electron chi connectivity index (χ0n) is 12.8. The van der Waals surface area contributed by atoms with Gasteiger partial charge in [0.15, 0.2) is 0 Å². The summed E-state index contributed by atoms with van der Waals surface area (Å²) in [5.41, 5.74) is 1.24. The van der Waals surface area contributed by atoms with Crippen LogP contribution in [0.5, 0.6) is 0 Å². The number of fused-ring (bicyclic) bond motifs is 1. The summed E-state index contributed by atoms with van der Waals surface area (Å²) >= 11 is 0. The van der Waals surface area contributed by atoms with E-state index in [-0.39, 0.29) is 6.09 Å². The molecule has 116 valence electrons. The van der Waals surface area contributed by atoms with Crippen molar-refractivity contribution in [3.8, 4) is 0 Å². The molecular weight excluding hydrogens is 290 g/mol. The molecular formula is C14H21N3O3S. The van der Waals surface area contributed by atoms with E-state index in [0.717, 1.165) is 11.3 Å². The molecule has 1 unspecified atom stereocenters. The molecule has 1 atom stereocenters. The summed E-state index contributed by atoms with van der Waals surface area (Å²) in [6.07, 6.45) is 1.15. The van der Waals surface area contributed by atoms with Crippen LogP contribution in [0.3, 0.4) is 0 Å². The van der Waals surface area contributed by atoms with E-state index in [1.807, 2.05) is 26.8 Å². The number of hydrogen-bond donors (Lipinski definition) is 1. The monoisotopic (exact) mass is 311 g/mol. The standard InChI is InChI=1S/C14H21N3O3S/c1-14(2,3)20-13(18)17-8-10-6-7-12(15-11(10)9-17)16-21(4,5)19/h6-7H,4,8-9H2,1-3,5H3,(H,15,16,19). The Kier molecular flexibility index (Phi) is 3.88. The number of carbonyl (C=O) groups is 1. The van der Waals surface area contributed by atoms with E-state index in [4.69, 9.17) is 4.74 Å². The van der Waals surface area contributed by atoms with Crippen LogP contribution in [0, 0.1) is 0 Å². The first-order valence-electron chi connectivity index (χ1n) is 6.60. The van der Waals surface area contributed by atoms with Gasteiger partial charge in [0.1, 0.15) is 11.4 Å². The van der Waals surface area contributed by atoms with Crippen LogP contribution in [0.15, 0.2) is 12.1 Å². The van der Waals surface area contributed by atoms with Gasteiger partial charge in [0, 0.05) is 16.0 Å². The van der Waals surface area contributed by atoms with E-state index >= 15 is 0 Å². The van der Waals surface area contributed by atoms with Crippen molar-refractivity contribution in [3.05, 3.63) is 23.4 Å². The third-order valence-electron chi connectivity index (χ3n) is 2.74. The van der Waals surface area contributed by atoms with Crippen molar-refractivity contribution in [1.29, 1.82) is 0 Å². The van der Waals surface area contributed by atoms with E-state index in [1.165, 1.54) is 6.26 Å². The minimum Gasteiger partial charge on any atom is -0.444 e. The molecule has 0 aliphatic carbocycles. The SMILES string of the molecule is C=S(C)(=O)Nc1ccc2c(n1)CN(C(=O)OC(C)(C)C)C2. The fourth-order valence-electron chi connectivity index (χ4n) is 1.99. The molecule has 1 amide bonds. The van der Waals surface area contributed by atoms with Crippen molar-refractivity contribution in [2.24, 2.45) is 0 Å². The van der Waals surface area contributed by atoms with Crippen molar-refractivity contribution in [2.45, 2.75) is 39.5 Å². The van der Waals surface area contributed by atoms with Gasteiger partial charge in [0.05, 0.1) is 18.8 Å². The number of hydrogen-bond acceptors (Lipinski definition) is 4. The highest BCUT2D eigenvalue weighted by Gasteiger charge is 2.28. The van der Waals surface area contributed by atoms with Gasteiger partial charge in [0.2, 0.25) is 0 Å². The fourth-order valence-corrected chi connectivity index (χ4v) is 2.54. The molecule has 1 N–H and O–H groups in total. The average molecular weight is 311 g/mol. The summed E-state index contributed by atoms with van der Waals surface area (Å²) in [7, 11) is -2.37. The topological polar surface area (TPSA) is 71.5 Å². The first kappa shape index (κ1) is 15.6. The molecule has 0 saturated carbocycles. The third-order valence-corrected chi connectivity index (χ3v) is 3.38. The summed E-state index contributed by atoms with van der Waals surface area (Å²) in [6.45, 7) is 6.37. The molecule has 0 fully saturated rings. The molecule has 2 rings (SSSR count). The Labute approximate surface area is 125 Å². The lowest BCUT2D eigenvalue weighted by Crippen LogP contribution is -2.33. The van der Waals surface area contributed by atoms with E-state index in [9.17, 15) is 9.00 Å². The highest BCUT2D eigenvalue weighted by molar-refractivity contribution is 8.00. The molecule has 0 bridgehead atoms. The average Bonchev–Trinajstić information content (AvgIpc) is 2.67. The van der Waals surface area contributed by atoms with Crippen molar-refractivity contribution in [3.63, 3.8) is 0 Å². The van der Waals surface area contributed by atoms with Crippen LogP contribution >= 0.6 is 0 Å². The highest BCUT2D eigenvalue weighted by atomic mass is 32.2. The minimum absolute atomic E-state index is 0.355. The first-order chi connectivity index (χ1) is 9.53. The lowest BCUT2D eigenvalue weighted by atomic mass is 10.2. The Balaban J connectivity index is 2.11. The van der Waals surface area contributed by atoms with Crippen molar-refractivity contribution in [2.75, 3.05) is 11.0 Å². The van der Waals surface area contributed by atoms with Crippen LogP contribution in [-0.2, 0) is 27.5 Å². The lowest BCUT2D eigenvalue weighted by molar-refractivity contribution is 0.0240. The second kappa shape index (κ2) is 5.22. The third kappa shape index (κ3) is 4.35. The quantitative estimate of drug-likeness (QED) is 0.848. The summed E-state index contributed by atoms with van der Waals surface area (Å²) in [4.78, 5) is 18.0. The van der Waals surface area contributed by atoms with Crippen LogP contribution < -0.4 is 4.72 Å². The Morgan fingerprint density at radius 2 is 2.10 bits per heavy atom. The Bertz CT molecular complexity index is 663. The Hall–Kier alpha value is -1.76. The van der Waals surface area contributed by atoms with Gasteiger partial charge in [-0.05, 0) is 38.3 Å². The molecule has 2 heterocycles. The van der Waals surface area contributed by atoms with Crippen LogP contribution in [0.2, 0.25) is 0 Å². The second-order valence-electron chi connectivity index (χ2n) is 6.25. The number of nitrogens with zero attached hydrogens (tertiary/aromatic N) is 2. The summed E-state index contributed by atoms with van der Waals surface area (Å²) in [6, 6.07) is 3.62. The van der Waals surface area contributed by atoms with Crippen molar-refractivity contribution in [1.82, 2.24) is 9.88 Å². The van der Waals surface area contributed by atoms with Gasteiger partial charge in [-0.1, -0.05) is 6.07 Å². The molecule has 1 aromatic heterocycles. The zero-order valence-corrected chi connectivity index (χ0v) is 13.6. The normalized spacial score (nSPS) is 17.0. The number of carbonyl (C=O) groups excluding carboxylic acids is 1. The molecule has 0 aromatic carbocycles. The smallest absolute Gasteiger partial charge is 0.410 e. The van der Waals surface area contributed by atoms with Gasteiger partial charge in [-0.2, -0.15) is 0 Å². The summed E-state index contributed by atoms with van der Waals surface area (Å²) < 4.78 is 19.8. The maximum absolute atomic E-state index is 12.0. The van der Waals surface area contributed by atoms with Crippen LogP contribution in [0.1, 0.15) is 32.0 Å². The molecule has 7 heteroatoms. The largest absolute Gasteiger partial charge is 0.444 e. The number of ether oxygens (including phenoxy) is 1. The number of anilines is 1. The molecule has 21 heavy (non-hydrogen) atoms. The molecule has 1 aliphatic heterocycles. The van der Waals surface area contributed by atoms with Crippen LogP contribution in [0.4, 0.5) is 10.6 Å². The molecule has 1 aromatic rings. The molecule has 0 radical (unpaired) electrons.